The highest BCUT2D eigenvalue weighted by Gasteiger charge is 2.11. The van der Waals surface area contributed by atoms with E-state index in [9.17, 15) is 9.90 Å². The topological polar surface area (TPSA) is 70.9 Å². The van der Waals surface area contributed by atoms with Crippen molar-refractivity contribution in [1.82, 2.24) is 5.43 Å². The van der Waals surface area contributed by atoms with E-state index in [0.29, 0.717) is 22.6 Å². The molecule has 21 heavy (non-hydrogen) atoms. The minimum atomic E-state index is -0.373. The molecule has 0 spiro atoms. The van der Waals surface area contributed by atoms with Crippen molar-refractivity contribution in [2.75, 3.05) is 7.11 Å². The van der Waals surface area contributed by atoms with Crippen LogP contribution >= 0.6 is 0 Å². The van der Waals surface area contributed by atoms with E-state index in [2.05, 4.69) is 10.5 Å². The van der Waals surface area contributed by atoms with E-state index in [1.54, 1.807) is 55.5 Å². The van der Waals surface area contributed by atoms with Gasteiger partial charge in [-0.25, -0.2) is 5.43 Å². The van der Waals surface area contributed by atoms with E-state index in [0.717, 1.165) is 0 Å². The number of hydrogen-bond donors (Lipinski definition) is 2. The van der Waals surface area contributed by atoms with Crippen LogP contribution in [0.25, 0.3) is 0 Å². The van der Waals surface area contributed by atoms with E-state index in [1.807, 2.05) is 0 Å². The molecule has 0 atom stereocenters. The number of carbonyl (C=O) groups is 1. The first kappa shape index (κ1) is 14.6. The predicted molar refractivity (Wildman–Crippen MR) is 80.8 cm³/mol. The number of aromatic hydroxyl groups is 1. The van der Waals surface area contributed by atoms with Crippen molar-refractivity contribution in [1.29, 1.82) is 0 Å². The zero-order valence-electron chi connectivity index (χ0n) is 11.8. The highest BCUT2D eigenvalue weighted by molar-refractivity contribution is 6.03. The molecule has 2 aromatic rings. The van der Waals surface area contributed by atoms with Gasteiger partial charge in [0.1, 0.15) is 11.5 Å². The first-order chi connectivity index (χ1) is 10.1. The number of phenols is 1. The Labute approximate surface area is 122 Å². The summed E-state index contributed by atoms with van der Waals surface area (Å²) in [7, 11) is 1.50. The number of ether oxygens (including phenoxy) is 1. The Morgan fingerprint density at radius 3 is 2.38 bits per heavy atom. The van der Waals surface area contributed by atoms with Crippen molar-refractivity contribution in [2.45, 2.75) is 6.92 Å². The van der Waals surface area contributed by atoms with Crippen LogP contribution in [0, 0.1) is 0 Å². The molecule has 0 aliphatic rings. The van der Waals surface area contributed by atoms with Gasteiger partial charge in [0.2, 0.25) is 0 Å². The second-order valence-corrected chi connectivity index (χ2v) is 4.36. The predicted octanol–water partition coefficient (Wildman–Crippen LogP) is 2.55. The van der Waals surface area contributed by atoms with Crippen molar-refractivity contribution >= 4 is 11.6 Å². The zero-order valence-corrected chi connectivity index (χ0v) is 11.8. The second-order valence-electron chi connectivity index (χ2n) is 4.36. The van der Waals surface area contributed by atoms with Crippen LogP contribution < -0.4 is 10.2 Å². The van der Waals surface area contributed by atoms with Gasteiger partial charge in [0, 0.05) is 5.56 Å². The fourth-order valence-corrected chi connectivity index (χ4v) is 1.87. The molecule has 0 heterocycles. The average molecular weight is 284 g/mol. The van der Waals surface area contributed by atoms with Crippen molar-refractivity contribution in [3.05, 3.63) is 59.7 Å². The van der Waals surface area contributed by atoms with E-state index in [1.165, 1.54) is 7.11 Å². The number of amides is 1. The Hall–Kier alpha value is -2.82. The van der Waals surface area contributed by atoms with Crippen molar-refractivity contribution < 1.29 is 14.6 Å². The van der Waals surface area contributed by atoms with Crippen LogP contribution in [-0.4, -0.2) is 23.8 Å². The summed E-state index contributed by atoms with van der Waals surface area (Å²) in [4.78, 5) is 12.1. The number of benzene rings is 2. The molecular formula is C16H16N2O3. The normalized spacial score (nSPS) is 11.0. The lowest BCUT2D eigenvalue weighted by Crippen LogP contribution is -2.20. The van der Waals surface area contributed by atoms with E-state index in [-0.39, 0.29) is 11.7 Å². The minimum absolute atomic E-state index is 0.116. The van der Waals surface area contributed by atoms with E-state index in [4.69, 9.17) is 4.74 Å². The summed E-state index contributed by atoms with van der Waals surface area (Å²) < 4.78 is 5.13. The largest absolute Gasteiger partial charge is 0.507 e. The Bertz CT molecular complexity index is 681. The van der Waals surface area contributed by atoms with Crippen molar-refractivity contribution in [2.24, 2.45) is 5.10 Å². The first-order valence-electron chi connectivity index (χ1n) is 6.39. The number of nitrogens with one attached hydrogen (secondary N) is 1. The lowest BCUT2D eigenvalue weighted by atomic mass is 10.1. The molecule has 0 saturated carbocycles. The van der Waals surface area contributed by atoms with Gasteiger partial charge >= 0.3 is 0 Å². The number of hydrazone groups is 1. The molecule has 5 heteroatoms. The highest BCUT2D eigenvalue weighted by atomic mass is 16.5. The summed E-state index contributed by atoms with van der Waals surface area (Å²) in [6.07, 6.45) is 0. The molecule has 0 aliphatic heterocycles. The van der Waals surface area contributed by atoms with Gasteiger partial charge in [-0.05, 0) is 31.2 Å². The number of methoxy groups -OCH3 is 1. The molecule has 0 bridgehead atoms. The van der Waals surface area contributed by atoms with Gasteiger partial charge in [-0.3, -0.25) is 4.79 Å². The summed E-state index contributed by atoms with van der Waals surface area (Å²) in [6.45, 7) is 1.71. The number of para-hydroxylation sites is 2. The number of carbonyl (C=O) groups excluding carboxylic acids is 1. The summed E-state index contributed by atoms with van der Waals surface area (Å²) in [5.74, 6) is 0.220. The highest BCUT2D eigenvalue weighted by Crippen LogP contribution is 2.18. The molecule has 2 rings (SSSR count). The Morgan fingerprint density at radius 1 is 1.10 bits per heavy atom. The third-order valence-corrected chi connectivity index (χ3v) is 2.97. The maximum Gasteiger partial charge on any atom is 0.275 e. The van der Waals surface area contributed by atoms with Gasteiger partial charge in [-0.2, -0.15) is 5.10 Å². The maximum atomic E-state index is 12.1. The molecule has 108 valence electrons. The van der Waals surface area contributed by atoms with Gasteiger partial charge < -0.3 is 9.84 Å². The van der Waals surface area contributed by atoms with Crippen LogP contribution in [0.15, 0.2) is 53.6 Å². The van der Waals surface area contributed by atoms with Gasteiger partial charge in [-0.1, -0.05) is 24.3 Å². The lowest BCUT2D eigenvalue weighted by Gasteiger charge is -2.07. The minimum Gasteiger partial charge on any atom is -0.507 e. The fraction of sp³-hybridized carbons (Fsp3) is 0.125. The Morgan fingerprint density at radius 2 is 1.71 bits per heavy atom. The molecule has 1 amide bonds. The molecule has 0 unspecified atom stereocenters. The van der Waals surface area contributed by atoms with E-state index >= 15 is 0 Å². The van der Waals surface area contributed by atoms with Crippen LogP contribution in [0.2, 0.25) is 0 Å². The molecular weight excluding hydrogens is 268 g/mol. The van der Waals surface area contributed by atoms with Gasteiger partial charge in [0.15, 0.2) is 0 Å². The molecule has 0 radical (unpaired) electrons. The zero-order chi connectivity index (χ0) is 15.2. The van der Waals surface area contributed by atoms with Crippen LogP contribution in [0.1, 0.15) is 22.8 Å². The smallest absolute Gasteiger partial charge is 0.275 e. The Balaban J connectivity index is 2.17. The summed E-state index contributed by atoms with van der Waals surface area (Å²) in [6, 6.07) is 13.7. The molecule has 0 aromatic heterocycles. The second kappa shape index (κ2) is 6.56. The van der Waals surface area contributed by atoms with Crippen molar-refractivity contribution in [3.8, 4) is 11.5 Å². The van der Waals surface area contributed by atoms with Crippen LogP contribution in [0.5, 0.6) is 11.5 Å². The lowest BCUT2D eigenvalue weighted by molar-refractivity contribution is 0.0952. The average Bonchev–Trinajstić information content (AvgIpc) is 2.52. The van der Waals surface area contributed by atoms with Gasteiger partial charge in [0.05, 0.1) is 18.4 Å². The van der Waals surface area contributed by atoms with Crippen LogP contribution in [0.3, 0.4) is 0 Å². The molecule has 2 N–H and O–H groups in total. The third kappa shape index (κ3) is 3.39. The summed E-state index contributed by atoms with van der Waals surface area (Å²) in [5, 5.41) is 13.7. The number of rotatable bonds is 4. The summed E-state index contributed by atoms with van der Waals surface area (Å²) in [5.41, 5.74) is 3.93. The number of phenolic OH excluding ortho intramolecular Hbond substituents is 1. The molecule has 0 aliphatic carbocycles. The SMILES string of the molecule is COc1ccccc1C(=O)N/N=C(\C)c1ccccc1O. The standard InChI is InChI=1S/C16H16N2O3/c1-11(12-7-3-5-9-14(12)19)17-18-16(20)13-8-4-6-10-15(13)21-2/h3-10,19H,1-2H3,(H,18,20)/b17-11+. The molecule has 0 saturated heterocycles. The molecule has 2 aromatic carbocycles. The van der Waals surface area contributed by atoms with Crippen molar-refractivity contribution in [3.63, 3.8) is 0 Å². The quantitative estimate of drug-likeness (QED) is 0.669. The first-order valence-corrected chi connectivity index (χ1v) is 6.39. The fourth-order valence-electron chi connectivity index (χ4n) is 1.87. The Kier molecular flexibility index (Phi) is 4.56. The maximum absolute atomic E-state index is 12.1. The van der Waals surface area contributed by atoms with E-state index < -0.39 is 0 Å². The third-order valence-electron chi connectivity index (χ3n) is 2.97. The van der Waals surface area contributed by atoms with Gasteiger partial charge in [-0.15, -0.1) is 0 Å². The monoisotopic (exact) mass is 284 g/mol. The van der Waals surface area contributed by atoms with Crippen LogP contribution in [0.4, 0.5) is 0 Å². The van der Waals surface area contributed by atoms with Crippen LogP contribution in [-0.2, 0) is 0 Å². The number of nitrogens with zero attached hydrogens (tertiary/aromatic N) is 1. The summed E-state index contributed by atoms with van der Waals surface area (Å²) >= 11 is 0. The number of hydrogen-bond acceptors (Lipinski definition) is 4. The molecule has 5 nitrogen and oxygen atoms in total. The molecule has 0 fully saturated rings. The van der Waals surface area contributed by atoms with Gasteiger partial charge in [0.25, 0.3) is 5.91 Å².